The van der Waals surface area contributed by atoms with Crippen LogP contribution in [0.3, 0.4) is 0 Å². The number of carboxylic acid groups (broad SMARTS) is 1. The van der Waals surface area contributed by atoms with Crippen molar-refractivity contribution < 1.29 is 9.90 Å². The first-order valence-corrected chi connectivity index (χ1v) is 5.58. The number of thiol groups is 1. The van der Waals surface area contributed by atoms with Gasteiger partial charge in [0.2, 0.25) is 0 Å². The van der Waals surface area contributed by atoms with Crippen molar-refractivity contribution in [2.75, 3.05) is 5.75 Å². The van der Waals surface area contributed by atoms with Gasteiger partial charge in [0, 0.05) is 6.92 Å². The molecule has 0 saturated heterocycles. The van der Waals surface area contributed by atoms with Gasteiger partial charge in [0.15, 0.2) is 0 Å². The van der Waals surface area contributed by atoms with Gasteiger partial charge in [-0.1, -0.05) is 39.0 Å². The first-order chi connectivity index (χ1) is 6.15. The van der Waals surface area contributed by atoms with E-state index >= 15 is 0 Å². The summed E-state index contributed by atoms with van der Waals surface area (Å²) in [7, 11) is 0. The van der Waals surface area contributed by atoms with E-state index in [-0.39, 0.29) is 0 Å². The molecule has 0 aromatic heterocycles. The van der Waals surface area contributed by atoms with Crippen LogP contribution < -0.4 is 0 Å². The fraction of sp³-hybridized carbons (Fsp3) is 0.900. The summed E-state index contributed by atoms with van der Waals surface area (Å²) in [5.41, 5.74) is 0. The summed E-state index contributed by atoms with van der Waals surface area (Å²) in [4.78, 5) is 9.00. The summed E-state index contributed by atoms with van der Waals surface area (Å²) in [6.07, 6.45) is 8.27. The Labute approximate surface area is 87.1 Å². The molecule has 13 heavy (non-hydrogen) atoms. The van der Waals surface area contributed by atoms with E-state index in [0.29, 0.717) is 0 Å². The van der Waals surface area contributed by atoms with Gasteiger partial charge in [0.1, 0.15) is 0 Å². The normalized spacial score (nSPS) is 8.85. The third-order valence-electron chi connectivity index (χ3n) is 1.51. The minimum absolute atomic E-state index is 0.833. The molecule has 2 nitrogen and oxygen atoms in total. The Morgan fingerprint density at radius 3 is 1.92 bits per heavy atom. The summed E-state index contributed by atoms with van der Waals surface area (Å²) in [5.74, 6) is 0.228. The number of unbranched alkanes of at least 4 members (excludes halogenated alkanes) is 5. The molecule has 0 bridgehead atoms. The molecule has 0 spiro atoms. The Hall–Kier alpha value is -0.180. The number of aliphatic carboxylic acids is 1. The molecule has 0 aromatic carbocycles. The Morgan fingerprint density at radius 2 is 1.54 bits per heavy atom. The molecule has 0 aliphatic carbocycles. The summed E-state index contributed by atoms with van der Waals surface area (Å²) in [6, 6.07) is 0. The molecule has 0 amide bonds. The van der Waals surface area contributed by atoms with Gasteiger partial charge in [-0.3, -0.25) is 4.79 Å². The second-order valence-corrected chi connectivity index (χ2v) is 3.46. The Bertz CT molecular complexity index is 95.1. The van der Waals surface area contributed by atoms with Crippen molar-refractivity contribution in [1.82, 2.24) is 0 Å². The van der Waals surface area contributed by atoms with E-state index in [2.05, 4.69) is 19.6 Å². The van der Waals surface area contributed by atoms with Crippen LogP contribution in [0, 0.1) is 0 Å². The van der Waals surface area contributed by atoms with E-state index in [0.717, 1.165) is 12.7 Å². The SMILES string of the molecule is CC(=O)O.CCCCCCCCS. The molecule has 0 aromatic rings. The Kier molecular flexibility index (Phi) is 16.9. The monoisotopic (exact) mass is 206 g/mol. The second-order valence-electron chi connectivity index (χ2n) is 3.01. The van der Waals surface area contributed by atoms with Crippen molar-refractivity contribution in [1.29, 1.82) is 0 Å². The van der Waals surface area contributed by atoms with Crippen LogP contribution in [-0.2, 0) is 4.79 Å². The molecule has 0 atom stereocenters. The Balaban J connectivity index is 0. The van der Waals surface area contributed by atoms with Crippen LogP contribution in [0.4, 0.5) is 0 Å². The van der Waals surface area contributed by atoms with Crippen molar-refractivity contribution in [2.24, 2.45) is 0 Å². The van der Waals surface area contributed by atoms with Gasteiger partial charge < -0.3 is 5.11 Å². The lowest BCUT2D eigenvalue weighted by Gasteiger charge is -1.95. The van der Waals surface area contributed by atoms with E-state index in [1.54, 1.807) is 0 Å². The average molecular weight is 206 g/mol. The van der Waals surface area contributed by atoms with E-state index in [4.69, 9.17) is 9.90 Å². The van der Waals surface area contributed by atoms with Crippen LogP contribution in [0.5, 0.6) is 0 Å². The van der Waals surface area contributed by atoms with Gasteiger partial charge in [-0.15, -0.1) is 0 Å². The number of carboxylic acids is 1. The van der Waals surface area contributed by atoms with E-state index in [1.165, 1.54) is 38.5 Å². The number of carbonyl (C=O) groups is 1. The molecule has 0 radical (unpaired) electrons. The third-order valence-corrected chi connectivity index (χ3v) is 1.83. The zero-order chi connectivity index (χ0) is 10.5. The van der Waals surface area contributed by atoms with Crippen LogP contribution in [0.25, 0.3) is 0 Å². The molecule has 0 heterocycles. The zero-order valence-corrected chi connectivity index (χ0v) is 9.65. The smallest absolute Gasteiger partial charge is 0.300 e. The lowest BCUT2D eigenvalue weighted by Crippen LogP contribution is -1.78. The summed E-state index contributed by atoms with van der Waals surface area (Å²) < 4.78 is 0. The van der Waals surface area contributed by atoms with Gasteiger partial charge in [-0.2, -0.15) is 12.6 Å². The van der Waals surface area contributed by atoms with Crippen LogP contribution in [-0.4, -0.2) is 16.8 Å². The van der Waals surface area contributed by atoms with E-state index < -0.39 is 5.97 Å². The highest BCUT2D eigenvalue weighted by Gasteiger charge is 1.86. The molecule has 1 N–H and O–H groups in total. The summed E-state index contributed by atoms with van der Waals surface area (Å²) >= 11 is 4.15. The number of hydrogen-bond acceptors (Lipinski definition) is 2. The molecule has 0 saturated carbocycles. The molecule has 0 aliphatic heterocycles. The van der Waals surface area contributed by atoms with Gasteiger partial charge in [0.05, 0.1) is 0 Å². The molecule has 0 unspecified atom stereocenters. The maximum Gasteiger partial charge on any atom is 0.300 e. The highest BCUT2D eigenvalue weighted by atomic mass is 32.1. The quantitative estimate of drug-likeness (QED) is 0.516. The molecule has 0 fully saturated rings. The minimum Gasteiger partial charge on any atom is -0.481 e. The van der Waals surface area contributed by atoms with Crippen LogP contribution in [0.15, 0.2) is 0 Å². The van der Waals surface area contributed by atoms with Crippen LogP contribution in [0.1, 0.15) is 52.4 Å². The zero-order valence-electron chi connectivity index (χ0n) is 8.75. The molecule has 80 valence electrons. The highest BCUT2D eigenvalue weighted by Crippen LogP contribution is 2.04. The highest BCUT2D eigenvalue weighted by molar-refractivity contribution is 7.80. The van der Waals surface area contributed by atoms with Crippen molar-refractivity contribution in [2.45, 2.75) is 52.4 Å². The van der Waals surface area contributed by atoms with Gasteiger partial charge in [-0.05, 0) is 12.2 Å². The van der Waals surface area contributed by atoms with Gasteiger partial charge in [0.25, 0.3) is 5.97 Å². The van der Waals surface area contributed by atoms with Gasteiger partial charge >= 0.3 is 0 Å². The van der Waals surface area contributed by atoms with Gasteiger partial charge in [-0.25, -0.2) is 0 Å². The van der Waals surface area contributed by atoms with Crippen LogP contribution >= 0.6 is 12.6 Å². The van der Waals surface area contributed by atoms with Crippen LogP contribution in [0.2, 0.25) is 0 Å². The summed E-state index contributed by atoms with van der Waals surface area (Å²) in [5, 5.41) is 7.42. The predicted molar refractivity (Wildman–Crippen MR) is 60.5 cm³/mol. The fourth-order valence-corrected chi connectivity index (χ4v) is 1.12. The fourth-order valence-electron chi connectivity index (χ4n) is 0.892. The van der Waals surface area contributed by atoms with Crippen molar-refractivity contribution in [3.05, 3.63) is 0 Å². The minimum atomic E-state index is -0.833. The maximum atomic E-state index is 9.00. The third kappa shape index (κ3) is 33.7. The van der Waals surface area contributed by atoms with Crippen molar-refractivity contribution in [3.63, 3.8) is 0 Å². The first-order valence-electron chi connectivity index (χ1n) is 4.95. The molecular formula is C10H22O2S. The molecule has 3 heteroatoms. The maximum absolute atomic E-state index is 9.00. The van der Waals surface area contributed by atoms with E-state index in [1.807, 2.05) is 0 Å². The Morgan fingerprint density at radius 1 is 1.15 bits per heavy atom. The first kappa shape index (κ1) is 15.3. The topological polar surface area (TPSA) is 37.3 Å². The lowest BCUT2D eigenvalue weighted by molar-refractivity contribution is -0.134. The standard InChI is InChI=1S/C8H18S.C2H4O2/c1-2-3-4-5-6-7-8-9;1-2(3)4/h9H,2-8H2,1H3;1H3,(H,3,4). The molecular weight excluding hydrogens is 184 g/mol. The van der Waals surface area contributed by atoms with Crippen molar-refractivity contribution >= 4 is 18.6 Å². The average Bonchev–Trinajstić information content (AvgIpc) is 2.03. The lowest BCUT2D eigenvalue weighted by atomic mass is 10.1. The summed E-state index contributed by atoms with van der Waals surface area (Å²) in [6.45, 7) is 3.33. The number of rotatable bonds is 6. The van der Waals surface area contributed by atoms with Crippen molar-refractivity contribution in [3.8, 4) is 0 Å². The predicted octanol–water partition coefficient (Wildman–Crippen LogP) is 3.37. The second kappa shape index (κ2) is 14.3. The van der Waals surface area contributed by atoms with E-state index in [9.17, 15) is 0 Å². The molecule has 0 aliphatic rings. The number of hydrogen-bond donors (Lipinski definition) is 2. The largest absolute Gasteiger partial charge is 0.481 e. The molecule has 0 rings (SSSR count).